The van der Waals surface area contributed by atoms with Gasteiger partial charge in [-0.15, -0.1) is 11.6 Å². The molecule has 2 aromatic rings. The van der Waals surface area contributed by atoms with Gasteiger partial charge in [0, 0.05) is 10.4 Å². The van der Waals surface area contributed by atoms with Crippen LogP contribution in [0.1, 0.15) is 48.9 Å². The van der Waals surface area contributed by atoms with Crippen LogP contribution in [-0.2, 0) is 9.53 Å². The summed E-state index contributed by atoms with van der Waals surface area (Å²) in [6, 6.07) is 13.5. The van der Waals surface area contributed by atoms with Crippen molar-refractivity contribution in [1.29, 1.82) is 0 Å². The Balaban J connectivity index is 1.29. The number of carbonyl (C=O) groups is 2. The van der Waals surface area contributed by atoms with Crippen LogP contribution in [0.2, 0.25) is 0 Å². The van der Waals surface area contributed by atoms with E-state index in [1.165, 1.54) is 6.42 Å². The Bertz CT molecular complexity index is 920. The second-order valence-electron chi connectivity index (χ2n) is 8.95. The van der Waals surface area contributed by atoms with Crippen LogP contribution in [0.4, 0.5) is 0 Å². The molecule has 4 aliphatic rings. The molecule has 0 aromatic heterocycles. The largest absolute Gasteiger partial charge is 0.457 e. The van der Waals surface area contributed by atoms with E-state index < -0.39 is 5.41 Å². The lowest BCUT2D eigenvalue weighted by Gasteiger charge is -2.58. The highest BCUT2D eigenvalue weighted by Crippen LogP contribution is 2.64. The SMILES string of the molecule is O=C(COC(=O)C12C[C@H]3C[C@@H](CC(Cl)(C3)C1)C2)c1ccc2ccccc2c1. The summed E-state index contributed by atoms with van der Waals surface area (Å²) in [7, 11) is 0. The van der Waals surface area contributed by atoms with E-state index in [0.717, 1.165) is 36.5 Å². The maximum atomic E-state index is 13.0. The summed E-state index contributed by atoms with van der Waals surface area (Å²) in [6.45, 7) is -0.191. The minimum absolute atomic E-state index is 0.153. The van der Waals surface area contributed by atoms with Crippen LogP contribution in [0.15, 0.2) is 42.5 Å². The molecule has 0 aliphatic heterocycles. The first-order valence-corrected chi connectivity index (χ1v) is 10.2. The van der Waals surface area contributed by atoms with Gasteiger partial charge in [0.15, 0.2) is 12.4 Å². The normalized spacial score (nSPS) is 34.0. The molecule has 0 N–H and O–H groups in total. The molecule has 4 fully saturated rings. The van der Waals surface area contributed by atoms with Crippen molar-refractivity contribution in [2.45, 2.75) is 43.4 Å². The first kappa shape index (κ1) is 17.2. The van der Waals surface area contributed by atoms with Crippen molar-refractivity contribution in [1.82, 2.24) is 0 Å². The van der Waals surface area contributed by atoms with Crippen molar-refractivity contribution in [3.8, 4) is 0 Å². The zero-order chi connectivity index (χ0) is 18.6. The molecule has 6 rings (SSSR count). The average Bonchev–Trinajstić information content (AvgIpc) is 2.63. The summed E-state index contributed by atoms with van der Waals surface area (Å²) < 4.78 is 5.55. The summed E-state index contributed by atoms with van der Waals surface area (Å²) in [5.41, 5.74) is 0.121. The van der Waals surface area contributed by atoms with Gasteiger partial charge in [-0.2, -0.15) is 0 Å². The van der Waals surface area contributed by atoms with Crippen LogP contribution >= 0.6 is 11.6 Å². The van der Waals surface area contributed by atoms with Gasteiger partial charge >= 0.3 is 5.97 Å². The zero-order valence-corrected chi connectivity index (χ0v) is 16.0. The topological polar surface area (TPSA) is 43.4 Å². The molecule has 4 heteroatoms. The molecular weight excluding hydrogens is 360 g/mol. The van der Waals surface area contributed by atoms with Crippen LogP contribution in [-0.4, -0.2) is 23.2 Å². The predicted molar refractivity (Wildman–Crippen MR) is 105 cm³/mol. The number of hydrogen-bond donors (Lipinski definition) is 0. The fourth-order valence-electron chi connectivity index (χ4n) is 6.12. The first-order valence-electron chi connectivity index (χ1n) is 9.83. The Kier molecular flexibility index (Phi) is 3.87. The number of hydrogen-bond acceptors (Lipinski definition) is 3. The highest BCUT2D eigenvalue weighted by Gasteiger charge is 2.60. The standard InChI is InChI=1S/C23H23ClO3/c24-23-11-15-7-16(12-23)10-22(9-15,14-23)21(26)27-13-20(25)19-6-5-17-3-1-2-4-18(17)8-19/h1-6,8,15-16H,7,9-14H2/t15-,16-,22?,23?/m1/s1. The van der Waals surface area contributed by atoms with Gasteiger partial charge in [-0.1, -0.05) is 36.4 Å². The number of esters is 1. The van der Waals surface area contributed by atoms with Gasteiger partial charge in [0.2, 0.25) is 0 Å². The van der Waals surface area contributed by atoms with Crippen molar-refractivity contribution >= 4 is 34.1 Å². The minimum atomic E-state index is -0.463. The number of Topliss-reactive ketones (excluding diaryl/α,β-unsaturated/α-hetero) is 1. The van der Waals surface area contributed by atoms with Gasteiger partial charge in [0.1, 0.15) is 0 Å². The smallest absolute Gasteiger partial charge is 0.312 e. The summed E-state index contributed by atoms with van der Waals surface area (Å²) in [6.07, 6.45) is 5.70. The summed E-state index contributed by atoms with van der Waals surface area (Å²) in [5, 5.41) is 2.10. The molecule has 0 radical (unpaired) electrons. The number of ketones is 1. The van der Waals surface area contributed by atoms with Crippen LogP contribution in [0.3, 0.4) is 0 Å². The summed E-state index contributed by atoms with van der Waals surface area (Å²) in [5.74, 6) is 0.704. The fraction of sp³-hybridized carbons (Fsp3) is 0.478. The Labute approximate surface area is 164 Å². The van der Waals surface area contributed by atoms with E-state index in [4.69, 9.17) is 16.3 Å². The summed E-state index contributed by atoms with van der Waals surface area (Å²) in [4.78, 5) is 25.3. The Morgan fingerprint density at radius 1 is 1.00 bits per heavy atom. The Hall–Kier alpha value is -1.87. The second kappa shape index (κ2) is 6.07. The third kappa shape index (κ3) is 2.97. The molecule has 0 amide bonds. The molecule has 27 heavy (non-hydrogen) atoms. The number of fused-ring (bicyclic) bond motifs is 1. The van der Waals surface area contributed by atoms with Crippen LogP contribution in [0.25, 0.3) is 10.8 Å². The van der Waals surface area contributed by atoms with E-state index in [2.05, 4.69) is 0 Å². The predicted octanol–water partition coefficient (Wildman–Crippen LogP) is 5.14. The Morgan fingerprint density at radius 3 is 2.41 bits per heavy atom. The number of halogens is 1. The Morgan fingerprint density at radius 2 is 1.70 bits per heavy atom. The molecule has 4 aliphatic carbocycles. The third-order valence-electron chi connectivity index (χ3n) is 6.83. The van der Waals surface area contributed by atoms with Crippen molar-refractivity contribution < 1.29 is 14.3 Å². The number of benzene rings is 2. The van der Waals surface area contributed by atoms with E-state index in [-0.39, 0.29) is 23.2 Å². The van der Waals surface area contributed by atoms with E-state index in [1.807, 2.05) is 36.4 Å². The van der Waals surface area contributed by atoms with E-state index >= 15 is 0 Å². The first-order chi connectivity index (χ1) is 12.9. The van der Waals surface area contributed by atoms with Crippen molar-refractivity contribution in [2.24, 2.45) is 17.3 Å². The molecule has 0 saturated heterocycles. The highest BCUT2D eigenvalue weighted by molar-refractivity contribution is 6.24. The van der Waals surface area contributed by atoms with E-state index in [1.54, 1.807) is 6.07 Å². The second-order valence-corrected chi connectivity index (χ2v) is 9.76. The number of carbonyl (C=O) groups excluding carboxylic acids is 2. The zero-order valence-electron chi connectivity index (χ0n) is 15.2. The number of ether oxygens (including phenoxy) is 1. The van der Waals surface area contributed by atoms with Gasteiger partial charge < -0.3 is 4.74 Å². The lowest BCUT2D eigenvalue weighted by molar-refractivity contribution is -0.168. The van der Waals surface area contributed by atoms with Crippen molar-refractivity contribution in [3.63, 3.8) is 0 Å². The molecule has 140 valence electrons. The lowest BCUT2D eigenvalue weighted by atomic mass is 9.49. The highest BCUT2D eigenvalue weighted by atomic mass is 35.5. The van der Waals surface area contributed by atoms with Crippen LogP contribution in [0.5, 0.6) is 0 Å². The van der Waals surface area contributed by atoms with Gasteiger partial charge in [0.25, 0.3) is 0 Å². The summed E-state index contributed by atoms with van der Waals surface area (Å²) >= 11 is 6.80. The molecule has 4 bridgehead atoms. The molecule has 0 heterocycles. The minimum Gasteiger partial charge on any atom is -0.457 e. The molecular formula is C23H23ClO3. The maximum Gasteiger partial charge on any atom is 0.312 e. The quantitative estimate of drug-likeness (QED) is 0.417. The van der Waals surface area contributed by atoms with E-state index in [9.17, 15) is 9.59 Å². The molecule has 0 spiro atoms. The van der Waals surface area contributed by atoms with Crippen LogP contribution < -0.4 is 0 Å². The number of rotatable bonds is 4. The van der Waals surface area contributed by atoms with Crippen LogP contribution in [0, 0.1) is 17.3 Å². The van der Waals surface area contributed by atoms with Gasteiger partial charge in [-0.3, -0.25) is 9.59 Å². The lowest BCUT2D eigenvalue weighted by Crippen LogP contribution is -2.56. The van der Waals surface area contributed by atoms with E-state index in [0.29, 0.717) is 23.8 Å². The van der Waals surface area contributed by atoms with Gasteiger partial charge in [-0.25, -0.2) is 0 Å². The van der Waals surface area contributed by atoms with Gasteiger partial charge in [-0.05, 0) is 67.2 Å². The maximum absolute atomic E-state index is 13.0. The third-order valence-corrected chi connectivity index (χ3v) is 7.27. The number of alkyl halides is 1. The molecule has 0 unspecified atom stereocenters. The molecule has 3 nitrogen and oxygen atoms in total. The fourth-order valence-corrected chi connectivity index (χ4v) is 6.81. The van der Waals surface area contributed by atoms with Crippen molar-refractivity contribution in [2.75, 3.05) is 6.61 Å². The van der Waals surface area contributed by atoms with Gasteiger partial charge in [0.05, 0.1) is 5.41 Å². The van der Waals surface area contributed by atoms with Crippen molar-refractivity contribution in [3.05, 3.63) is 48.0 Å². The molecule has 2 atom stereocenters. The molecule has 2 aromatic carbocycles. The average molecular weight is 383 g/mol. The monoisotopic (exact) mass is 382 g/mol. The molecule has 4 saturated carbocycles.